The van der Waals surface area contributed by atoms with Crippen LogP contribution in [0.3, 0.4) is 0 Å². The standard InChI is InChI=1S/C40H30BNO3S2/c1-39(2)40(3,4)45-41(44-39)27-19-20-29-32-33-31(46-37(27)32)22-28(42(24-14-7-5-8-15-24)25-16-9-6-10-17-25)38-35(33)34-30(47-38)21-23-13-11-12-18-26(23)36(34)43-29/h5-22H,1-4H3. The van der Waals surface area contributed by atoms with Gasteiger partial charge in [0, 0.05) is 57.9 Å². The monoisotopic (exact) mass is 647 g/mol. The molecule has 47 heavy (non-hydrogen) atoms. The predicted molar refractivity (Wildman–Crippen MR) is 201 cm³/mol. The van der Waals surface area contributed by atoms with Crippen LogP contribution in [0.1, 0.15) is 27.7 Å². The maximum atomic E-state index is 7.07. The second-order valence-corrected chi connectivity index (χ2v) is 15.6. The zero-order chi connectivity index (χ0) is 31.7. The zero-order valence-corrected chi connectivity index (χ0v) is 28.1. The Morgan fingerprint density at radius 1 is 0.596 bits per heavy atom. The molecule has 0 N–H and O–H groups in total. The first kappa shape index (κ1) is 27.7. The van der Waals surface area contributed by atoms with Gasteiger partial charge in [0.05, 0.1) is 21.6 Å². The molecule has 4 nitrogen and oxygen atoms in total. The van der Waals surface area contributed by atoms with E-state index < -0.39 is 18.3 Å². The molecule has 10 rings (SSSR count). The smallest absolute Gasteiger partial charge is 0.455 e. The van der Waals surface area contributed by atoms with Crippen molar-refractivity contribution in [3.05, 3.63) is 109 Å². The van der Waals surface area contributed by atoms with Gasteiger partial charge in [-0.1, -0.05) is 66.7 Å². The van der Waals surface area contributed by atoms with Crippen LogP contribution in [0.5, 0.6) is 0 Å². The molecule has 6 aromatic carbocycles. The van der Waals surface area contributed by atoms with E-state index in [1.54, 1.807) is 0 Å². The van der Waals surface area contributed by atoms with Crippen LogP contribution < -0.4 is 10.4 Å². The Morgan fingerprint density at radius 3 is 1.91 bits per heavy atom. The van der Waals surface area contributed by atoms with Gasteiger partial charge in [-0.25, -0.2) is 0 Å². The summed E-state index contributed by atoms with van der Waals surface area (Å²) in [7, 11) is -0.476. The van der Waals surface area contributed by atoms with Gasteiger partial charge in [-0.3, -0.25) is 0 Å². The average Bonchev–Trinajstić information content (AvgIpc) is 3.66. The summed E-state index contributed by atoms with van der Waals surface area (Å²) in [6.45, 7) is 8.45. The molecule has 1 aliphatic rings. The molecule has 1 aliphatic heterocycles. The third kappa shape index (κ3) is 3.83. The van der Waals surface area contributed by atoms with E-state index in [0.29, 0.717) is 0 Å². The van der Waals surface area contributed by atoms with Crippen molar-refractivity contribution in [1.29, 1.82) is 0 Å². The van der Waals surface area contributed by atoms with Crippen LogP contribution in [0, 0.1) is 0 Å². The van der Waals surface area contributed by atoms with Crippen molar-refractivity contribution in [1.82, 2.24) is 0 Å². The van der Waals surface area contributed by atoms with E-state index in [1.807, 2.05) is 22.7 Å². The molecule has 0 atom stereocenters. The first-order valence-corrected chi connectivity index (χ1v) is 17.7. The van der Waals surface area contributed by atoms with Gasteiger partial charge in [0.2, 0.25) is 0 Å². The Labute approximate surface area is 280 Å². The van der Waals surface area contributed by atoms with Crippen molar-refractivity contribution in [2.75, 3.05) is 4.90 Å². The lowest BCUT2D eigenvalue weighted by molar-refractivity contribution is 0.00578. The number of rotatable bonds is 4. The van der Waals surface area contributed by atoms with Crippen molar-refractivity contribution in [2.45, 2.75) is 38.9 Å². The molecule has 0 saturated carbocycles. The fraction of sp³-hybridized carbons (Fsp3) is 0.150. The molecule has 4 heterocycles. The molecular weight excluding hydrogens is 617 g/mol. The van der Waals surface area contributed by atoms with E-state index >= 15 is 0 Å². The minimum Gasteiger partial charge on any atom is -0.455 e. The first-order valence-electron chi connectivity index (χ1n) is 16.0. The van der Waals surface area contributed by atoms with E-state index in [9.17, 15) is 0 Å². The molecule has 0 unspecified atom stereocenters. The Balaban J connectivity index is 1.39. The molecule has 1 fully saturated rings. The third-order valence-corrected chi connectivity index (χ3v) is 12.6. The lowest BCUT2D eigenvalue weighted by Gasteiger charge is -2.32. The number of thiophene rings is 2. The summed E-state index contributed by atoms with van der Waals surface area (Å²) < 4.78 is 25.2. The van der Waals surface area contributed by atoms with E-state index in [2.05, 4.69) is 142 Å². The van der Waals surface area contributed by atoms with Crippen molar-refractivity contribution in [3.8, 4) is 0 Å². The van der Waals surface area contributed by atoms with Gasteiger partial charge >= 0.3 is 7.12 Å². The van der Waals surface area contributed by atoms with Crippen molar-refractivity contribution in [2.24, 2.45) is 0 Å². The molecule has 9 aromatic rings. The quantitative estimate of drug-likeness (QED) is 0.178. The number of hydrogen-bond acceptors (Lipinski definition) is 6. The molecule has 1 saturated heterocycles. The maximum Gasteiger partial charge on any atom is 0.496 e. The van der Waals surface area contributed by atoms with Crippen LogP contribution >= 0.6 is 22.7 Å². The Morgan fingerprint density at radius 2 is 1.21 bits per heavy atom. The van der Waals surface area contributed by atoms with Crippen molar-refractivity contribution in [3.63, 3.8) is 0 Å². The minimum atomic E-state index is -0.476. The van der Waals surface area contributed by atoms with Gasteiger partial charge in [0.25, 0.3) is 0 Å². The minimum absolute atomic E-state index is 0.440. The average molecular weight is 648 g/mol. The number of anilines is 3. The summed E-state index contributed by atoms with van der Waals surface area (Å²) >= 11 is 3.66. The van der Waals surface area contributed by atoms with Gasteiger partial charge in [-0.15, -0.1) is 22.7 Å². The van der Waals surface area contributed by atoms with Gasteiger partial charge in [0.1, 0.15) is 11.2 Å². The maximum absolute atomic E-state index is 7.07. The normalized spacial score (nSPS) is 16.2. The topological polar surface area (TPSA) is 34.8 Å². The lowest BCUT2D eigenvalue weighted by Crippen LogP contribution is -2.41. The summed E-state index contributed by atoms with van der Waals surface area (Å²) in [6, 6.07) is 38.9. The second-order valence-electron chi connectivity index (χ2n) is 13.5. The van der Waals surface area contributed by atoms with E-state index in [-0.39, 0.29) is 0 Å². The highest BCUT2D eigenvalue weighted by Gasteiger charge is 2.52. The third-order valence-electron chi connectivity index (χ3n) is 10.3. The summed E-state index contributed by atoms with van der Waals surface area (Å²) in [5.74, 6) is 0. The van der Waals surface area contributed by atoms with Crippen molar-refractivity contribution < 1.29 is 13.7 Å². The van der Waals surface area contributed by atoms with E-state index in [0.717, 1.165) is 49.2 Å². The molecule has 3 aromatic heterocycles. The number of nitrogens with zero attached hydrogens (tertiary/aromatic N) is 1. The van der Waals surface area contributed by atoms with Gasteiger partial charge in [-0.05, 0) is 75.5 Å². The summed E-state index contributed by atoms with van der Waals surface area (Å²) in [6.07, 6.45) is 0. The first-order chi connectivity index (χ1) is 22.8. The fourth-order valence-corrected chi connectivity index (χ4v) is 9.80. The summed E-state index contributed by atoms with van der Waals surface area (Å²) in [5, 5.41) is 7.13. The molecule has 0 amide bonds. The van der Waals surface area contributed by atoms with Crippen LogP contribution in [0.15, 0.2) is 114 Å². The molecular formula is C40H30BNO3S2. The van der Waals surface area contributed by atoms with Crippen LogP contribution in [-0.2, 0) is 9.31 Å². The van der Waals surface area contributed by atoms with Crippen LogP contribution in [0.2, 0.25) is 0 Å². The highest BCUT2D eigenvalue weighted by Crippen LogP contribution is 2.54. The molecule has 7 heteroatoms. The summed E-state index contributed by atoms with van der Waals surface area (Å²) in [5.41, 5.74) is 5.37. The highest BCUT2D eigenvalue weighted by molar-refractivity contribution is 7.29. The van der Waals surface area contributed by atoms with Gasteiger partial charge in [-0.2, -0.15) is 0 Å². The van der Waals surface area contributed by atoms with E-state index in [1.165, 1.54) is 35.6 Å². The van der Waals surface area contributed by atoms with Crippen LogP contribution in [0.25, 0.3) is 62.3 Å². The van der Waals surface area contributed by atoms with Crippen LogP contribution in [-0.4, -0.2) is 18.3 Å². The van der Waals surface area contributed by atoms with Crippen LogP contribution in [0.4, 0.5) is 17.1 Å². The predicted octanol–water partition coefficient (Wildman–Crippen LogP) is 11.5. The number of fused-ring (bicyclic) bond motifs is 2. The molecule has 0 spiro atoms. The summed E-state index contributed by atoms with van der Waals surface area (Å²) in [4.78, 5) is 2.40. The second kappa shape index (κ2) is 9.58. The largest absolute Gasteiger partial charge is 0.496 e. The van der Waals surface area contributed by atoms with Crippen molar-refractivity contribution >= 4 is 115 Å². The van der Waals surface area contributed by atoms with Gasteiger partial charge < -0.3 is 18.6 Å². The Kier molecular flexibility index (Phi) is 5.65. The number of para-hydroxylation sites is 2. The number of benzene rings is 6. The molecule has 228 valence electrons. The molecule has 0 aliphatic carbocycles. The van der Waals surface area contributed by atoms with Gasteiger partial charge in [0.15, 0.2) is 0 Å². The highest BCUT2D eigenvalue weighted by atomic mass is 32.1. The number of hydrogen-bond donors (Lipinski definition) is 0. The zero-order valence-electron chi connectivity index (χ0n) is 26.5. The van der Waals surface area contributed by atoms with E-state index in [4.69, 9.17) is 13.7 Å². The fourth-order valence-electron chi connectivity index (χ4n) is 7.26. The Bertz CT molecular complexity index is 2600. The molecule has 0 radical (unpaired) electrons. The molecule has 0 bridgehead atoms. The lowest BCUT2D eigenvalue weighted by atomic mass is 9.78. The SMILES string of the molecule is CC1(C)OB(c2ccc3oc4c5ccccc5cc5sc6c(N(c7ccccc7)c7ccccc7)cc7sc2c3c7c6c54)OC1(C)C. The Hall–Kier alpha value is -4.40.